The van der Waals surface area contributed by atoms with E-state index in [-0.39, 0.29) is 11.3 Å². The van der Waals surface area contributed by atoms with Crippen molar-refractivity contribution < 1.29 is 14.5 Å². The molecule has 3 N–H and O–H groups in total. The van der Waals surface area contributed by atoms with Crippen LogP contribution in [0.3, 0.4) is 0 Å². The van der Waals surface area contributed by atoms with Crippen molar-refractivity contribution in [1.29, 1.82) is 0 Å². The molecular weight excluding hydrogens is 342 g/mol. The fourth-order valence-electron chi connectivity index (χ4n) is 3.00. The predicted molar refractivity (Wildman–Crippen MR) is 95.1 cm³/mol. The molecule has 7 nitrogen and oxygen atoms in total. The fraction of sp³-hybridized carbons (Fsp3) is 0.294. The number of nitrogens with one attached hydrogen (secondary N) is 1. The first kappa shape index (κ1) is 17.1. The number of non-ortho nitro benzene ring substituents is 1. The van der Waals surface area contributed by atoms with Crippen molar-refractivity contribution in [2.75, 3.05) is 5.32 Å². The Bertz CT molecular complexity index is 842. The van der Waals surface area contributed by atoms with Crippen LogP contribution in [0.15, 0.2) is 24.3 Å². The molecular formula is C17H17N3O4S. The summed E-state index contributed by atoms with van der Waals surface area (Å²) in [6, 6.07) is 5.31. The number of nitro benzene ring substituents is 1. The van der Waals surface area contributed by atoms with Crippen molar-refractivity contribution in [1.82, 2.24) is 0 Å². The third-order valence-electron chi connectivity index (χ3n) is 4.24. The summed E-state index contributed by atoms with van der Waals surface area (Å²) in [5.41, 5.74) is 7.09. The van der Waals surface area contributed by atoms with E-state index in [4.69, 9.17) is 5.73 Å². The third-order valence-corrected chi connectivity index (χ3v) is 5.44. The number of fused-ring (bicyclic) bond motifs is 1. The molecule has 1 aromatic heterocycles. The van der Waals surface area contributed by atoms with Gasteiger partial charge in [0.25, 0.3) is 17.5 Å². The highest BCUT2D eigenvalue weighted by molar-refractivity contribution is 7.17. The molecule has 2 aromatic rings. The van der Waals surface area contributed by atoms with Crippen LogP contribution in [0.1, 0.15) is 50.4 Å². The minimum atomic E-state index is -0.543. The second-order valence-electron chi connectivity index (χ2n) is 5.89. The number of carbonyl (C=O) groups excluding carboxylic acids is 2. The van der Waals surface area contributed by atoms with Gasteiger partial charge in [0.1, 0.15) is 5.00 Å². The monoisotopic (exact) mass is 359 g/mol. The summed E-state index contributed by atoms with van der Waals surface area (Å²) in [6.45, 7) is 0. The fourth-order valence-corrected chi connectivity index (χ4v) is 4.29. The minimum absolute atomic E-state index is 0.0859. The van der Waals surface area contributed by atoms with Crippen LogP contribution in [0.25, 0.3) is 0 Å². The summed E-state index contributed by atoms with van der Waals surface area (Å²) in [5, 5.41) is 13.9. The largest absolute Gasteiger partial charge is 0.365 e. The van der Waals surface area contributed by atoms with Gasteiger partial charge in [0, 0.05) is 22.6 Å². The molecule has 1 aliphatic carbocycles. The van der Waals surface area contributed by atoms with Gasteiger partial charge in [-0.15, -0.1) is 11.3 Å². The first-order valence-corrected chi connectivity index (χ1v) is 8.79. The van der Waals surface area contributed by atoms with E-state index in [1.807, 2.05) is 0 Å². The second-order valence-corrected chi connectivity index (χ2v) is 7.00. The van der Waals surface area contributed by atoms with Crippen LogP contribution >= 0.6 is 11.3 Å². The van der Waals surface area contributed by atoms with Gasteiger partial charge >= 0.3 is 0 Å². The summed E-state index contributed by atoms with van der Waals surface area (Å²) in [7, 11) is 0. The molecule has 1 heterocycles. The molecule has 0 fully saturated rings. The highest BCUT2D eigenvalue weighted by Gasteiger charge is 2.24. The van der Waals surface area contributed by atoms with E-state index in [1.165, 1.54) is 35.6 Å². The number of benzene rings is 1. The summed E-state index contributed by atoms with van der Waals surface area (Å²) in [5.74, 6) is -0.966. The number of nitro groups is 1. The lowest BCUT2D eigenvalue weighted by atomic mass is 10.1. The van der Waals surface area contributed by atoms with E-state index in [9.17, 15) is 19.7 Å². The molecule has 0 saturated heterocycles. The quantitative estimate of drug-likeness (QED) is 0.495. The number of primary amides is 1. The third kappa shape index (κ3) is 3.53. The van der Waals surface area contributed by atoms with Crippen molar-refractivity contribution in [3.05, 3.63) is 55.9 Å². The second kappa shape index (κ2) is 7.02. The zero-order valence-corrected chi connectivity index (χ0v) is 14.2. The van der Waals surface area contributed by atoms with E-state index in [0.717, 1.165) is 42.5 Å². The van der Waals surface area contributed by atoms with Gasteiger partial charge in [-0.25, -0.2) is 0 Å². The number of hydrogen-bond acceptors (Lipinski definition) is 5. The normalized spacial score (nSPS) is 13.6. The van der Waals surface area contributed by atoms with Gasteiger partial charge in [-0.1, -0.05) is 6.42 Å². The highest BCUT2D eigenvalue weighted by atomic mass is 32.1. The summed E-state index contributed by atoms with van der Waals surface area (Å²) in [6.07, 6.45) is 4.84. The molecule has 25 heavy (non-hydrogen) atoms. The number of carbonyl (C=O) groups is 2. The first-order valence-electron chi connectivity index (χ1n) is 7.97. The van der Waals surface area contributed by atoms with Gasteiger partial charge in [-0.05, 0) is 43.4 Å². The zero-order valence-electron chi connectivity index (χ0n) is 13.4. The molecule has 3 rings (SSSR count). The lowest BCUT2D eigenvalue weighted by Gasteiger charge is -2.06. The Kier molecular flexibility index (Phi) is 4.80. The molecule has 2 amide bonds. The van der Waals surface area contributed by atoms with Crippen LogP contribution in [-0.2, 0) is 12.8 Å². The average Bonchev–Trinajstić information content (AvgIpc) is 2.76. The van der Waals surface area contributed by atoms with Crippen LogP contribution in [0.5, 0.6) is 0 Å². The van der Waals surface area contributed by atoms with Crippen LogP contribution in [0.4, 0.5) is 10.7 Å². The van der Waals surface area contributed by atoms with Crippen LogP contribution in [0.2, 0.25) is 0 Å². The number of amides is 2. The van der Waals surface area contributed by atoms with E-state index < -0.39 is 16.7 Å². The molecule has 0 atom stereocenters. The van der Waals surface area contributed by atoms with Crippen LogP contribution in [0, 0.1) is 10.1 Å². The Morgan fingerprint density at radius 2 is 1.80 bits per heavy atom. The molecule has 0 radical (unpaired) electrons. The molecule has 0 aliphatic heterocycles. The lowest BCUT2D eigenvalue weighted by molar-refractivity contribution is -0.384. The maximum absolute atomic E-state index is 12.4. The number of thiophene rings is 1. The van der Waals surface area contributed by atoms with Gasteiger partial charge in [0.05, 0.1) is 10.5 Å². The van der Waals surface area contributed by atoms with Crippen molar-refractivity contribution in [2.24, 2.45) is 5.73 Å². The average molecular weight is 359 g/mol. The Labute approximate surface area is 148 Å². The van der Waals surface area contributed by atoms with Gasteiger partial charge in [-0.2, -0.15) is 0 Å². The summed E-state index contributed by atoms with van der Waals surface area (Å²) >= 11 is 1.39. The summed E-state index contributed by atoms with van der Waals surface area (Å²) in [4.78, 5) is 35.6. The molecule has 0 bridgehead atoms. The number of hydrogen-bond donors (Lipinski definition) is 2. The van der Waals surface area contributed by atoms with Crippen LogP contribution < -0.4 is 11.1 Å². The minimum Gasteiger partial charge on any atom is -0.365 e. The van der Waals surface area contributed by atoms with Gasteiger partial charge in [-0.3, -0.25) is 19.7 Å². The van der Waals surface area contributed by atoms with E-state index >= 15 is 0 Å². The van der Waals surface area contributed by atoms with Crippen molar-refractivity contribution >= 4 is 33.8 Å². The molecule has 1 aromatic carbocycles. The van der Waals surface area contributed by atoms with E-state index in [0.29, 0.717) is 10.6 Å². The SMILES string of the molecule is NC(=O)c1c(NC(=O)c2ccc([N+](=O)[O-])cc2)sc2c1CCCCC2. The Morgan fingerprint density at radius 3 is 2.44 bits per heavy atom. The molecule has 0 unspecified atom stereocenters. The van der Waals surface area contributed by atoms with Gasteiger partial charge in [0.15, 0.2) is 0 Å². The predicted octanol–water partition coefficient (Wildman–Crippen LogP) is 3.28. The molecule has 1 aliphatic rings. The van der Waals surface area contributed by atoms with E-state index in [1.54, 1.807) is 0 Å². The molecule has 0 spiro atoms. The van der Waals surface area contributed by atoms with Crippen molar-refractivity contribution in [3.8, 4) is 0 Å². The van der Waals surface area contributed by atoms with Crippen LogP contribution in [-0.4, -0.2) is 16.7 Å². The smallest absolute Gasteiger partial charge is 0.269 e. The lowest BCUT2D eigenvalue weighted by Crippen LogP contribution is -2.18. The maximum atomic E-state index is 12.4. The number of anilines is 1. The molecule has 8 heteroatoms. The maximum Gasteiger partial charge on any atom is 0.269 e. The van der Waals surface area contributed by atoms with Gasteiger partial charge in [0.2, 0.25) is 0 Å². The topological polar surface area (TPSA) is 115 Å². The van der Waals surface area contributed by atoms with Gasteiger partial charge < -0.3 is 11.1 Å². The summed E-state index contributed by atoms with van der Waals surface area (Å²) < 4.78 is 0. The Morgan fingerprint density at radius 1 is 1.12 bits per heavy atom. The zero-order chi connectivity index (χ0) is 18.0. The number of nitrogens with zero attached hydrogens (tertiary/aromatic N) is 1. The van der Waals surface area contributed by atoms with Crippen molar-refractivity contribution in [2.45, 2.75) is 32.1 Å². The standard InChI is InChI=1S/C17H17N3O4S/c18-15(21)14-12-4-2-1-3-5-13(12)25-17(14)19-16(22)10-6-8-11(9-7-10)20(23)24/h6-9H,1-5H2,(H2,18,21)(H,19,22). The number of aryl methyl sites for hydroxylation is 1. The van der Waals surface area contributed by atoms with E-state index in [2.05, 4.69) is 5.32 Å². The highest BCUT2D eigenvalue weighted by Crippen LogP contribution is 2.37. The Balaban J connectivity index is 1.88. The first-order chi connectivity index (χ1) is 12.0. The number of nitrogens with two attached hydrogens (primary N) is 1. The number of rotatable bonds is 4. The molecule has 0 saturated carbocycles. The van der Waals surface area contributed by atoms with Crippen molar-refractivity contribution in [3.63, 3.8) is 0 Å². The molecule has 130 valence electrons. The Hall–Kier alpha value is -2.74.